The van der Waals surface area contributed by atoms with E-state index in [1.165, 1.54) is 0 Å². The van der Waals surface area contributed by atoms with Crippen LogP contribution in [0.3, 0.4) is 0 Å². The lowest BCUT2D eigenvalue weighted by Crippen LogP contribution is -2.62. The van der Waals surface area contributed by atoms with Gasteiger partial charge in [-0.1, -0.05) is 24.3 Å². The Morgan fingerprint density at radius 3 is 1.76 bits per heavy atom. The maximum atomic E-state index is 13.2. The van der Waals surface area contributed by atoms with E-state index in [1.54, 1.807) is 18.2 Å². The van der Waals surface area contributed by atoms with Crippen LogP contribution in [0.25, 0.3) is 0 Å². The minimum Gasteiger partial charge on any atom is -0.489 e. The molecule has 38 heavy (non-hydrogen) atoms. The van der Waals surface area contributed by atoms with Crippen LogP contribution in [0.2, 0.25) is 0 Å². The molecule has 1 fully saturated rings. The highest BCUT2D eigenvalue weighted by Gasteiger charge is 2.23. The Hall–Kier alpha value is -4.37. The van der Waals surface area contributed by atoms with Crippen LogP contribution in [0.15, 0.2) is 66.7 Å². The van der Waals surface area contributed by atoms with Crippen LogP contribution >= 0.6 is 0 Å². The molecule has 3 aromatic carbocycles. The monoisotopic (exact) mass is 517 g/mol. The molecule has 9 nitrogen and oxygen atoms in total. The van der Waals surface area contributed by atoms with Crippen LogP contribution in [-0.2, 0) is 13.2 Å². The van der Waals surface area contributed by atoms with Gasteiger partial charge >= 0.3 is 0 Å². The molecule has 12 N–H and O–H groups in total. The van der Waals surface area contributed by atoms with E-state index in [0.717, 1.165) is 47.9 Å². The molecule has 0 saturated heterocycles. The molecule has 0 heterocycles. The summed E-state index contributed by atoms with van der Waals surface area (Å²) in [4.78, 5) is 13.2. The van der Waals surface area contributed by atoms with Crippen molar-refractivity contribution in [2.75, 3.05) is 0 Å². The maximum absolute atomic E-state index is 13.2. The van der Waals surface area contributed by atoms with Crippen molar-refractivity contribution < 1.29 is 30.8 Å². The Balaban J connectivity index is 1.52. The molecular formula is C29H37N6O3+3. The van der Waals surface area contributed by atoms with Gasteiger partial charge in [-0.3, -0.25) is 27.1 Å². The second kappa shape index (κ2) is 12.2. The SMILES string of the molecule is NC(=[NH2+])c1cccc(COc2cc(OCc3cccc(C(N)=[NH2+])c3)cc(C(=O)NC3CCC([NH3+])CC3)c2)c1. The first-order chi connectivity index (χ1) is 18.3. The highest BCUT2D eigenvalue weighted by molar-refractivity contribution is 5.95. The Morgan fingerprint density at radius 1 is 0.789 bits per heavy atom. The van der Waals surface area contributed by atoms with Gasteiger partial charge in [-0.25, -0.2) is 0 Å². The normalized spacial score (nSPS) is 16.9. The van der Waals surface area contributed by atoms with Crippen LogP contribution in [0.4, 0.5) is 0 Å². The zero-order valence-electron chi connectivity index (χ0n) is 21.5. The van der Waals surface area contributed by atoms with Crippen molar-refractivity contribution >= 4 is 17.6 Å². The summed E-state index contributed by atoms with van der Waals surface area (Å²) in [7, 11) is 0. The third kappa shape index (κ3) is 7.33. The van der Waals surface area contributed by atoms with Gasteiger partial charge in [0.05, 0.1) is 17.2 Å². The average molecular weight is 518 g/mol. The third-order valence-corrected chi connectivity index (χ3v) is 6.66. The predicted octanol–water partition coefficient (Wildman–Crippen LogP) is -0.944. The number of hydrogen-bond donors (Lipinski definition) is 6. The predicted molar refractivity (Wildman–Crippen MR) is 145 cm³/mol. The van der Waals surface area contributed by atoms with Gasteiger partial charge in [-0.2, -0.15) is 0 Å². The van der Waals surface area contributed by atoms with E-state index in [1.807, 2.05) is 48.5 Å². The largest absolute Gasteiger partial charge is 0.489 e. The van der Waals surface area contributed by atoms with Crippen LogP contribution < -0.4 is 42.8 Å². The number of benzene rings is 3. The fraction of sp³-hybridized carbons (Fsp3) is 0.276. The van der Waals surface area contributed by atoms with E-state index in [2.05, 4.69) is 11.1 Å². The number of nitrogens with two attached hydrogens (primary N) is 4. The van der Waals surface area contributed by atoms with E-state index >= 15 is 0 Å². The number of amidine groups is 2. The third-order valence-electron chi connectivity index (χ3n) is 6.66. The summed E-state index contributed by atoms with van der Waals surface area (Å²) >= 11 is 0. The van der Waals surface area contributed by atoms with Crippen LogP contribution in [0.1, 0.15) is 58.3 Å². The van der Waals surface area contributed by atoms with Crippen molar-refractivity contribution in [1.82, 2.24) is 5.32 Å². The van der Waals surface area contributed by atoms with E-state index < -0.39 is 0 Å². The van der Waals surface area contributed by atoms with Gasteiger partial charge in [0.2, 0.25) is 0 Å². The summed E-state index contributed by atoms with van der Waals surface area (Å²) in [6, 6.07) is 20.8. The molecular weight excluding hydrogens is 480 g/mol. The van der Waals surface area contributed by atoms with E-state index in [-0.39, 0.29) is 36.8 Å². The molecule has 1 amide bonds. The molecule has 1 saturated carbocycles. The molecule has 0 unspecified atom stereocenters. The van der Waals surface area contributed by atoms with Gasteiger partial charge in [-0.15, -0.1) is 0 Å². The van der Waals surface area contributed by atoms with Crippen molar-refractivity contribution in [2.24, 2.45) is 11.5 Å². The molecule has 1 aliphatic carbocycles. The van der Waals surface area contributed by atoms with E-state index in [4.69, 9.17) is 31.8 Å². The van der Waals surface area contributed by atoms with E-state index in [0.29, 0.717) is 23.1 Å². The van der Waals surface area contributed by atoms with Crippen LogP contribution in [0.5, 0.6) is 11.5 Å². The molecule has 3 aromatic rings. The minimum atomic E-state index is -0.159. The highest BCUT2D eigenvalue weighted by atomic mass is 16.5. The quantitative estimate of drug-likeness (QED) is 0.150. The molecule has 198 valence electrons. The Bertz CT molecular complexity index is 1240. The summed E-state index contributed by atoms with van der Waals surface area (Å²) in [5.74, 6) is 1.35. The minimum absolute atomic E-state index is 0.135. The average Bonchev–Trinajstić information content (AvgIpc) is 2.92. The lowest BCUT2D eigenvalue weighted by molar-refractivity contribution is -0.425. The number of hydrogen-bond acceptors (Lipinski definition) is 3. The summed E-state index contributed by atoms with van der Waals surface area (Å²) in [6.45, 7) is 0.541. The van der Waals surface area contributed by atoms with Gasteiger partial charge in [0.1, 0.15) is 24.7 Å². The van der Waals surface area contributed by atoms with Crippen molar-refractivity contribution in [3.63, 3.8) is 0 Å². The standard InChI is InChI=1S/C29H34N6O3/c30-23-7-9-24(10-8-23)35-29(36)22-13-25(37-16-18-3-1-5-20(11-18)27(31)32)15-26(14-22)38-17-19-4-2-6-21(12-19)28(33)34/h1-6,11-15,23-24H,7-10,16-17,30H2,(H3,31,32)(H3,33,34)(H,35,36)/p+3. The summed E-state index contributed by atoms with van der Waals surface area (Å²) < 4.78 is 12.1. The van der Waals surface area contributed by atoms with Gasteiger partial charge in [0.15, 0.2) is 0 Å². The number of ether oxygens (including phenoxy) is 2. The molecule has 4 rings (SSSR count). The summed E-state index contributed by atoms with van der Waals surface area (Å²) in [5, 5.41) is 14.6. The number of carbonyl (C=O) groups excluding carboxylic acids is 1. The number of amides is 1. The van der Waals surface area contributed by atoms with Gasteiger partial charge in [-0.05, 0) is 60.4 Å². The molecule has 9 heteroatoms. The highest BCUT2D eigenvalue weighted by Crippen LogP contribution is 2.26. The Kier molecular flexibility index (Phi) is 8.60. The first-order valence-corrected chi connectivity index (χ1v) is 12.8. The first kappa shape index (κ1) is 26.7. The lowest BCUT2D eigenvalue weighted by Gasteiger charge is -2.25. The topological polar surface area (TPSA) is 178 Å². The van der Waals surface area contributed by atoms with Gasteiger partial charge < -0.3 is 20.5 Å². The fourth-order valence-electron chi connectivity index (χ4n) is 4.46. The Labute approximate surface area is 222 Å². The lowest BCUT2D eigenvalue weighted by atomic mass is 9.91. The summed E-state index contributed by atoms with van der Waals surface area (Å²) in [5.41, 5.74) is 19.3. The van der Waals surface area contributed by atoms with Gasteiger partial charge in [0, 0.05) is 30.5 Å². The number of rotatable bonds is 10. The molecule has 0 aromatic heterocycles. The summed E-state index contributed by atoms with van der Waals surface area (Å²) in [6.07, 6.45) is 3.87. The van der Waals surface area contributed by atoms with E-state index in [9.17, 15) is 4.79 Å². The van der Waals surface area contributed by atoms with Crippen molar-refractivity contribution in [1.29, 1.82) is 0 Å². The molecule has 0 radical (unpaired) electrons. The van der Waals surface area contributed by atoms with Gasteiger partial charge in [0.25, 0.3) is 17.6 Å². The second-order valence-electron chi connectivity index (χ2n) is 9.77. The zero-order valence-corrected chi connectivity index (χ0v) is 21.5. The van der Waals surface area contributed by atoms with Crippen molar-refractivity contribution in [3.8, 4) is 11.5 Å². The first-order valence-electron chi connectivity index (χ1n) is 12.8. The smallest absolute Gasteiger partial charge is 0.270 e. The molecule has 0 aliphatic heterocycles. The molecule has 0 bridgehead atoms. The number of quaternary nitrogens is 1. The van der Waals surface area contributed by atoms with Crippen molar-refractivity contribution in [2.45, 2.75) is 51.0 Å². The molecule has 0 spiro atoms. The van der Waals surface area contributed by atoms with Crippen LogP contribution in [-0.4, -0.2) is 29.7 Å². The Morgan fingerprint density at radius 2 is 1.29 bits per heavy atom. The second-order valence-corrected chi connectivity index (χ2v) is 9.77. The molecule has 0 atom stereocenters. The van der Waals surface area contributed by atoms with Crippen LogP contribution in [0, 0.1) is 0 Å². The fourth-order valence-corrected chi connectivity index (χ4v) is 4.46. The zero-order chi connectivity index (χ0) is 27.1. The molecule has 1 aliphatic rings. The number of carbonyl (C=O) groups is 1. The van der Waals surface area contributed by atoms with Crippen molar-refractivity contribution in [3.05, 3.63) is 94.5 Å². The maximum Gasteiger partial charge on any atom is 0.270 e. The number of nitrogens with one attached hydrogen (secondary N) is 1.